The van der Waals surface area contributed by atoms with Crippen LogP contribution in [0.3, 0.4) is 0 Å². The van der Waals surface area contributed by atoms with Gasteiger partial charge in [0.05, 0.1) is 0 Å². The Balaban J connectivity index is 2.50. The third-order valence-corrected chi connectivity index (χ3v) is 3.98. The molecule has 0 radical (unpaired) electrons. The Kier molecular flexibility index (Phi) is 3.42. The molecule has 1 aromatic rings. The van der Waals surface area contributed by atoms with Crippen molar-refractivity contribution in [2.24, 2.45) is 11.8 Å². The average molecular weight is 228 g/mol. The molecule has 0 nitrogen and oxygen atoms in total. The molecular weight excluding hydrogens is 204 g/mol. The Bertz CT molecular complexity index is 435. The van der Waals surface area contributed by atoms with Gasteiger partial charge in [-0.3, -0.25) is 0 Å². The molecule has 0 N–H and O–H groups in total. The molecule has 0 aliphatic heterocycles. The summed E-state index contributed by atoms with van der Waals surface area (Å²) in [5.74, 6) is 2.09. The van der Waals surface area contributed by atoms with Crippen LogP contribution in [0.5, 0.6) is 0 Å². The lowest BCUT2D eigenvalue weighted by Crippen LogP contribution is -2.15. The smallest absolute Gasteiger partial charge is 0.00955 e. The number of allylic oxidation sites excluding steroid dienone is 1. The molecule has 17 heavy (non-hydrogen) atoms. The summed E-state index contributed by atoms with van der Waals surface area (Å²) in [4.78, 5) is 0. The lowest BCUT2D eigenvalue weighted by atomic mass is 9.74. The molecule has 0 amide bonds. The minimum absolute atomic E-state index is 0.671. The highest BCUT2D eigenvalue weighted by Crippen LogP contribution is 2.40. The third-order valence-electron chi connectivity index (χ3n) is 3.98. The van der Waals surface area contributed by atoms with Crippen molar-refractivity contribution in [3.8, 4) is 0 Å². The Morgan fingerprint density at radius 3 is 2.41 bits per heavy atom. The SMILES string of the molecule is Cc1ccc2c(c1)C=C(C(C)C)CC2C(C)C. The molecule has 1 unspecified atom stereocenters. The average Bonchev–Trinajstić information content (AvgIpc) is 2.26. The van der Waals surface area contributed by atoms with E-state index < -0.39 is 0 Å². The highest BCUT2D eigenvalue weighted by Gasteiger charge is 2.24. The third kappa shape index (κ3) is 2.46. The Morgan fingerprint density at radius 2 is 1.82 bits per heavy atom. The van der Waals surface area contributed by atoms with Gasteiger partial charge in [0.2, 0.25) is 0 Å². The second-order valence-electron chi connectivity index (χ2n) is 6.06. The van der Waals surface area contributed by atoms with Crippen molar-refractivity contribution >= 4 is 6.08 Å². The largest absolute Gasteiger partial charge is 0.0664 e. The Morgan fingerprint density at radius 1 is 1.12 bits per heavy atom. The quantitative estimate of drug-likeness (QED) is 0.654. The fourth-order valence-corrected chi connectivity index (χ4v) is 2.78. The van der Waals surface area contributed by atoms with Crippen LogP contribution in [0.25, 0.3) is 6.08 Å². The molecule has 1 aliphatic carbocycles. The van der Waals surface area contributed by atoms with Gasteiger partial charge in [0.15, 0.2) is 0 Å². The first-order valence-corrected chi connectivity index (χ1v) is 6.80. The maximum absolute atomic E-state index is 2.42. The molecule has 0 saturated heterocycles. The topological polar surface area (TPSA) is 0 Å². The number of fused-ring (bicyclic) bond motifs is 1. The monoisotopic (exact) mass is 228 g/mol. The van der Waals surface area contributed by atoms with Gasteiger partial charge in [0.25, 0.3) is 0 Å². The molecule has 0 aromatic heterocycles. The molecule has 2 rings (SSSR count). The molecule has 1 aromatic carbocycles. The van der Waals surface area contributed by atoms with Crippen molar-refractivity contribution in [3.63, 3.8) is 0 Å². The summed E-state index contributed by atoms with van der Waals surface area (Å²) in [6.07, 6.45) is 3.66. The van der Waals surface area contributed by atoms with Crippen molar-refractivity contribution < 1.29 is 0 Å². The predicted molar refractivity (Wildman–Crippen MR) is 76.2 cm³/mol. The van der Waals surface area contributed by atoms with Gasteiger partial charge < -0.3 is 0 Å². The number of hydrogen-bond donors (Lipinski definition) is 0. The van der Waals surface area contributed by atoms with Gasteiger partial charge in [-0.05, 0) is 42.2 Å². The van der Waals surface area contributed by atoms with Gasteiger partial charge in [0, 0.05) is 0 Å². The molecule has 0 heteroatoms. The van der Waals surface area contributed by atoms with Gasteiger partial charge in [0.1, 0.15) is 0 Å². The molecule has 0 saturated carbocycles. The zero-order chi connectivity index (χ0) is 12.6. The number of rotatable bonds is 2. The number of aryl methyl sites for hydroxylation is 1. The van der Waals surface area contributed by atoms with Crippen LogP contribution in [0.2, 0.25) is 0 Å². The zero-order valence-electron chi connectivity index (χ0n) is 11.7. The fourth-order valence-electron chi connectivity index (χ4n) is 2.78. The normalized spacial score (nSPS) is 19.5. The van der Waals surface area contributed by atoms with Crippen LogP contribution >= 0.6 is 0 Å². The molecule has 1 atom stereocenters. The minimum Gasteiger partial charge on any atom is -0.0664 e. The van der Waals surface area contributed by atoms with Crippen LogP contribution in [0, 0.1) is 18.8 Å². The number of benzene rings is 1. The molecular formula is C17H24. The maximum atomic E-state index is 2.42. The van der Waals surface area contributed by atoms with Gasteiger partial charge >= 0.3 is 0 Å². The summed E-state index contributed by atoms with van der Waals surface area (Å²) in [5.41, 5.74) is 5.99. The molecule has 0 fully saturated rings. The van der Waals surface area contributed by atoms with Crippen LogP contribution in [0.1, 0.15) is 56.7 Å². The van der Waals surface area contributed by atoms with Gasteiger partial charge in [-0.1, -0.05) is 63.1 Å². The van der Waals surface area contributed by atoms with Crippen molar-refractivity contribution in [1.82, 2.24) is 0 Å². The summed E-state index contributed by atoms with van der Waals surface area (Å²) in [7, 11) is 0. The second kappa shape index (κ2) is 4.68. The molecule has 0 heterocycles. The summed E-state index contributed by atoms with van der Waals surface area (Å²) in [5, 5.41) is 0. The summed E-state index contributed by atoms with van der Waals surface area (Å²) in [6, 6.07) is 6.93. The van der Waals surface area contributed by atoms with Crippen molar-refractivity contribution in [1.29, 1.82) is 0 Å². The van der Waals surface area contributed by atoms with Crippen LogP contribution in [0.4, 0.5) is 0 Å². The van der Waals surface area contributed by atoms with Crippen LogP contribution in [0.15, 0.2) is 23.8 Å². The van der Waals surface area contributed by atoms with E-state index in [4.69, 9.17) is 0 Å². The van der Waals surface area contributed by atoms with Gasteiger partial charge in [-0.15, -0.1) is 0 Å². The van der Waals surface area contributed by atoms with E-state index in [9.17, 15) is 0 Å². The zero-order valence-corrected chi connectivity index (χ0v) is 11.7. The highest BCUT2D eigenvalue weighted by molar-refractivity contribution is 5.62. The Hall–Kier alpha value is -1.04. The number of hydrogen-bond acceptors (Lipinski definition) is 0. The summed E-state index contributed by atoms with van der Waals surface area (Å²) >= 11 is 0. The highest BCUT2D eigenvalue weighted by atomic mass is 14.3. The van der Waals surface area contributed by atoms with E-state index in [2.05, 4.69) is 58.9 Å². The molecule has 0 bridgehead atoms. The van der Waals surface area contributed by atoms with E-state index in [1.165, 1.54) is 17.5 Å². The maximum Gasteiger partial charge on any atom is -0.00955 e. The van der Waals surface area contributed by atoms with Crippen molar-refractivity contribution in [3.05, 3.63) is 40.5 Å². The van der Waals surface area contributed by atoms with Crippen LogP contribution in [-0.4, -0.2) is 0 Å². The summed E-state index contributed by atoms with van der Waals surface area (Å²) < 4.78 is 0. The lowest BCUT2D eigenvalue weighted by Gasteiger charge is -2.30. The van der Waals surface area contributed by atoms with Crippen LogP contribution < -0.4 is 0 Å². The van der Waals surface area contributed by atoms with Crippen molar-refractivity contribution in [2.45, 2.75) is 47.0 Å². The Labute approximate surface area is 106 Å². The first kappa shape index (κ1) is 12.4. The fraction of sp³-hybridized carbons (Fsp3) is 0.529. The van der Waals surface area contributed by atoms with E-state index in [0.717, 1.165) is 5.92 Å². The first-order valence-electron chi connectivity index (χ1n) is 6.80. The molecule has 1 aliphatic rings. The van der Waals surface area contributed by atoms with E-state index in [0.29, 0.717) is 11.8 Å². The predicted octanol–water partition coefficient (Wildman–Crippen LogP) is 5.18. The minimum atomic E-state index is 0.671. The molecule has 0 spiro atoms. The molecule has 92 valence electrons. The van der Waals surface area contributed by atoms with E-state index >= 15 is 0 Å². The van der Waals surface area contributed by atoms with Crippen LogP contribution in [-0.2, 0) is 0 Å². The van der Waals surface area contributed by atoms with E-state index in [1.807, 2.05) is 0 Å². The van der Waals surface area contributed by atoms with E-state index in [1.54, 1.807) is 11.1 Å². The van der Waals surface area contributed by atoms with Gasteiger partial charge in [-0.2, -0.15) is 0 Å². The standard InChI is InChI=1S/C17H24/c1-11(2)14-9-15-8-13(5)6-7-16(15)17(10-14)12(3)4/h6-9,11-12,17H,10H2,1-5H3. The van der Waals surface area contributed by atoms with E-state index in [-0.39, 0.29) is 0 Å². The summed E-state index contributed by atoms with van der Waals surface area (Å²) in [6.45, 7) is 11.5. The first-order chi connectivity index (χ1) is 7.99. The lowest BCUT2D eigenvalue weighted by molar-refractivity contribution is 0.474. The second-order valence-corrected chi connectivity index (χ2v) is 6.06. The van der Waals surface area contributed by atoms with Gasteiger partial charge in [-0.25, -0.2) is 0 Å². The van der Waals surface area contributed by atoms with Crippen molar-refractivity contribution in [2.75, 3.05) is 0 Å².